The highest BCUT2D eigenvalue weighted by Crippen LogP contribution is 2.49. The number of likely N-dealkylation sites (N-methyl/N-ethyl adjacent to an activating group) is 1. The van der Waals surface area contributed by atoms with Gasteiger partial charge in [-0.1, -0.05) is 112 Å². The van der Waals surface area contributed by atoms with E-state index in [0.717, 1.165) is 34.3 Å². The Kier molecular flexibility index (Phi) is 32.3. The molecule has 0 saturated carbocycles. The summed E-state index contributed by atoms with van der Waals surface area (Å²) in [6.07, 6.45) is 0.391. The van der Waals surface area contributed by atoms with Crippen LogP contribution < -0.4 is 31.3 Å². The number of hydrogen-bond acceptors (Lipinski definition) is 19. The van der Waals surface area contributed by atoms with Crippen LogP contribution in [0.2, 0.25) is 5.02 Å². The zero-order valence-electron chi connectivity index (χ0n) is 60.4. The summed E-state index contributed by atoms with van der Waals surface area (Å²) in [6, 6.07) is 19.7. The number of carboxylic acids is 1. The number of Topliss-reactive ketones (excluding diaryl/α,β-unsaturated/α-hetero) is 2. The molecule has 0 radical (unpaired) electrons. The molecule has 4 bridgehead atoms. The molecule has 2 saturated heterocycles. The van der Waals surface area contributed by atoms with Crippen molar-refractivity contribution < 1.29 is 86.5 Å². The third kappa shape index (κ3) is 23.2. The minimum absolute atomic E-state index is 0. The second kappa shape index (κ2) is 39.7. The van der Waals surface area contributed by atoms with Crippen LogP contribution in [0.15, 0.2) is 96.6 Å². The predicted octanol–water partition coefficient (Wildman–Crippen LogP) is 8.19. The van der Waals surface area contributed by atoms with Gasteiger partial charge in [0.25, 0.3) is 0 Å². The average molecular weight is 1460 g/mol. The number of esters is 1. The third-order valence-corrected chi connectivity index (χ3v) is 19.8. The highest BCUT2D eigenvalue weighted by molar-refractivity contribution is 6.35. The number of benzene rings is 3. The fourth-order valence-corrected chi connectivity index (χ4v) is 13.4. The second-order valence-corrected chi connectivity index (χ2v) is 27.4. The number of rotatable bonds is 36. The van der Waals surface area contributed by atoms with E-state index in [9.17, 15) is 53.4 Å². The Hall–Kier alpha value is -8.08. The molecule has 3 aliphatic rings. The summed E-state index contributed by atoms with van der Waals surface area (Å²) >= 11 is 6.90. The van der Waals surface area contributed by atoms with E-state index in [4.69, 9.17) is 50.5 Å². The van der Waals surface area contributed by atoms with E-state index >= 15 is 0 Å². The van der Waals surface area contributed by atoms with Crippen LogP contribution in [0.5, 0.6) is 5.75 Å². The topological polar surface area (TPSA) is 339 Å². The minimum atomic E-state index is -1.93. The van der Waals surface area contributed by atoms with E-state index in [0.29, 0.717) is 55.9 Å². The van der Waals surface area contributed by atoms with Gasteiger partial charge in [-0.2, -0.15) is 0 Å². The van der Waals surface area contributed by atoms with Crippen LogP contribution in [-0.2, 0) is 86.3 Å². The van der Waals surface area contributed by atoms with Crippen molar-refractivity contribution >= 4 is 81.4 Å². The van der Waals surface area contributed by atoms with Gasteiger partial charge in [0.1, 0.15) is 52.6 Å². The number of fused-ring (bicyclic) bond motifs is 6. The van der Waals surface area contributed by atoms with Gasteiger partial charge in [-0.05, 0) is 107 Å². The number of carbonyl (C=O) groups is 9. The van der Waals surface area contributed by atoms with E-state index in [2.05, 4.69) is 38.4 Å². The lowest BCUT2D eigenvalue weighted by Crippen LogP contribution is -2.63. The smallest absolute Gasteiger partial charge is 0.409 e. The van der Waals surface area contributed by atoms with Gasteiger partial charge < -0.3 is 79.0 Å². The number of halogens is 1. The molecule has 0 unspecified atom stereocenters. The van der Waals surface area contributed by atoms with Gasteiger partial charge in [0.05, 0.1) is 51.7 Å². The van der Waals surface area contributed by atoms with E-state index in [1.165, 1.54) is 45.0 Å². The molecule has 0 spiro atoms. The van der Waals surface area contributed by atoms with Gasteiger partial charge in [0.2, 0.25) is 23.6 Å². The fraction of sp³-hybridized carbons (Fsp3) is 0.566. The maximum absolute atomic E-state index is 14.8. The van der Waals surface area contributed by atoms with Crippen molar-refractivity contribution in [2.45, 2.75) is 180 Å². The van der Waals surface area contributed by atoms with Crippen LogP contribution in [0.3, 0.4) is 0 Å². The molecule has 4 aromatic rings. The van der Waals surface area contributed by atoms with Gasteiger partial charge in [0, 0.05) is 108 Å². The Balaban J connectivity index is 0.0000167. The van der Waals surface area contributed by atoms with E-state index in [1.54, 1.807) is 68.5 Å². The molecule has 11 atom stereocenters. The number of aromatic nitrogens is 1. The first kappa shape index (κ1) is 83.9. The minimum Gasteiger partial charge on any atom is -0.495 e. The lowest BCUT2D eigenvalue weighted by atomic mass is 9.83. The number of epoxide rings is 1. The average Bonchev–Trinajstić information content (AvgIpc) is 1.57. The van der Waals surface area contributed by atoms with Crippen LogP contribution in [0.1, 0.15) is 136 Å². The number of anilines is 1. The summed E-state index contributed by atoms with van der Waals surface area (Å²) in [5.41, 5.74) is 7.05. The van der Waals surface area contributed by atoms with Crippen molar-refractivity contribution in [3.05, 3.63) is 118 Å². The summed E-state index contributed by atoms with van der Waals surface area (Å²) in [4.78, 5) is 129. The van der Waals surface area contributed by atoms with E-state index < -0.39 is 119 Å². The molecule has 3 aliphatic heterocycles. The molecular weight excluding hydrogens is 1350 g/mol. The number of allylic oxidation sites excluding steroid dienone is 3. The van der Waals surface area contributed by atoms with Crippen molar-refractivity contribution in [1.29, 1.82) is 0 Å². The number of amides is 5. The maximum atomic E-state index is 14.8. The van der Waals surface area contributed by atoms with Crippen LogP contribution >= 0.6 is 11.6 Å². The van der Waals surface area contributed by atoms with Crippen LogP contribution in [0.25, 0.3) is 10.9 Å². The number of ether oxygens (including phenoxy) is 7. The van der Waals surface area contributed by atoms with Crippen molar-refractivity contribution in [2.75, 3.05) is 86.3 Å². The normalized spacial score (nSPS) is 22.5. The maximum Gasteiger partial charge on any atom is 0.409 e. The molecule has 7 N–H and O–H groups in total. The van der Waals surface area contributed by atoms with Crippen LogP contribution in [0.4, 0.5) is 10.5 Å². The summed E-state index contributed by atoms with van der Waals surface area (Å²) in [5, 5.41) is 30.8. The number of aliphatic carboxylic acids is 1. The van der Waals surface area contributed by atoms with Crippen LogP contribution in [0, 0.1) is 17.8 Å². The molecule has 4 heterocycles. The van der Waals surface area contributed by atoms with Gasteiger partial charge in [-0.25, -0.2) is 9.59 Å². The number of nitrogens with zero attached hydrogens (tertiary/aromatic N) is 4. The third-order valence-electron chi connectivity index (χ3n) is 19.5. The van der Waals surface area contributed by atoms with E-state index in [1.807, 2.05) is 44.3 Å². The highest BCUT2D eigenvalue weighted by Gasteiger charge is 2.64. The lowest BCUT2D eigenvalue weighted by molar-refractivity contribution is -0.163. The first-order chi connectivity index (χ1) is 48.6. The Morgan fingerprint density at radius 1 is 0.913 bits per heavy atom. The van der Waals surface area contributed by atoms with E-state index in [-0.39, 0.29) is 103 Å². The number of aliphatic hydroxyl groups is 1. The molecule has 5 amide bonds. The van der Waals surface area contributed by atoms with Crippen molar-refractivity contribution in [2.24, 2.45) is 23.5 Å². The van der Waals surface area contributed by atoms with Gasteiger partial charge in [0.15, 0.2) is 11.5 Å². The molecule has 3 aromatic carbocycles. The molecule has 566 valence electrons. The van der Waals surface area contributed by atoms with Crippen molar-refractivity contribution in [1.82, 2.24) is 30.3 Å². The number of aryl methyl sites for hydroxylation is 1. The summed E-state index contributed by atoms with van der Waals surface area (Å²) < 4.78 is 43.3. The number of unbranched alkanes of at least 4 members (excludes halogenated alkanes) is 1. The largest absolute Gasteiger partial charge is 0.495 e. The summed E-state index contributed by atoms with van der Waals surface area (Å²) in [5.74, 6) is -6.87. The van der Waals surface area contributed by atoms with Crippen molar-refractivity contribution in [3.63, 3.8) is 0 Å². The number of nitrogens with one attached hydrogen (secondary N) is 3. The number of carbonyl (C=O) groups excluding carboxylic acids is 8. The monoisotopic (exact) mass is 1450 g/mol. The predicted molar refractivity (Wildman–Crippen MR) is 389 cm³/mol. The standard InChI is InChI=1S/C75H103ClN8O18.CH4/c1-11-81(6)46-55-41-52-23-15-16-25-57(52)84(55)33-29-56(85)42-53(27-28-66(89)90)70(91)78-32-35-99-37-36-98-34-30-64(87)79-68(51-21-13-12-14-22-51)59(86)43-54(24-17-18-31-77)71(92)82(7)49(4)72(93)101-63-44-65(88)83(8)58-39-50(40-60(96-9)67(58)76)38-47(2)20-19-26-62(97-10)75(95)45-61(100-73(94)80-75)48(3)69-74(63,5)102-69;/h12-16,19-23,25-26,39-41,48-49,53-54,61-63,68-69,95H,11,17-18,24,27-38,42-46,77H2,1-10H3,(H,78,91)(H,79,87)(H,80,94)(H,89,90);1H4/b26-19+,47-20+;/t48-,49+,53-,54-,61+,62-,63+,68+,69+,74-,75+;/m1./s1. The number of nitrogens with two attached hydrogens (primary N) is 1. The first-order valence-corrected chi connectivity index (χ1v) is 35.4. The number of para-hydroxylation sites is 1. The Morgan fingerprint density at radius 2 is 1.62 bits per heavy atom. The Bertz CT molecular complexity index is 3620. The number of alkyl carbamates (subject to hydrolysis) is 1. The zero-order chi connectivity index (χ0) is 74.4. The van der Waals surface area contributed by atoms with Gasteiger partial charge in [-0.15, -0.1) is 0 Å². The first-order valence-electron chi connectivity index (χ1n) is 35.0. The number of carboxylic acid groups (broad SMARTS) is 1. The quantitative estimate of drug-likeness (QED) is 0.0142. The number of methoxy groups -OCH3 is 2. The summed E-state index contributed by atoms with van der Waals surface area (Å²) in [6.45, 7) is 11.4. The molecular formula is C76H107ClN8O18. The van der Waals surface area contributed by atoms with Gasteiger partial charge >= 0.3 is 18.0 Å². The molecule has 27 heteroatoms. The molecule has 1 aromatic heterocycles. The lowest BCUT2D eigenvalue weighted by Gasteiger charge is -2.42. The van der Waals surface area contributed by atoms with Crippen molar-refractivity contribution in [3.8, 4) is 5.75 Å². The molecule has 7 rings (SSSR count). The molecule has 26 nitrogen and oxygen atoms in total. The Labute approximate surface area is 609 Å². The number of ketones is 2. The highest BCUT2D eigenvalue weighted by atomic mass is 35.5. The molecule has 103 heavy (non-hydrogen) atoms. The van der Waals surface area contributed by atoms with Gasteiger partial charge in [-0.3, -0.25) is 38.9 Å². The fourth-order valence-electron chi connectivity index (χ4n) is 13.1. The molecule has 0 aliphatic carbocycles. The number of hydrogen-bond donors (Lipinski definition) is 6. The summed E-state index contributed by atoms with van der Waals surface area (Å²) in [7, 11) is 7.83. The second-order valence-electron chi connectivity index (χ2n) is 27.0. The zero-order valence-corrected chi connectivity index (χ0v) is 61.1. The van der Waals surface area contributed by atoms with Crippen LogP contribution in [-0.4, -0.2) is 201 Å². The molecule has 2 fully saturated rings. The Morgan fingerprint density at radius 3 is 2.31 bits per heavy atom. The SMILES string of the molecule is C.CCN(C)Cc1cc2ccccc2n1CCC(=O)C[C@@H](CCC(=O)O)C(=O)NCCOCCOCCC(=O)N[C@H](C(=O)C[C@@H](CCCCN)C(=O)N(C)[C@@H](C)C(=O)O[C@H]1CC(=O)N(C)c2cc(cc(OC)c2Cl)C/C(C)=C/C=C/[C@@H](OC)[C@@]2(O)C[C@H](OC(=O)N2)[C@@H](C)[C@@H]2O[C@]12C)c1ccccc1.